The smallest absolute Gasteiger partial charge is 0.269 e. The normalized spacial score (nSPS) is 24.7. The van der Waals surface area contributed by atoms with Crippen LogP contribution < -0.4 is 5.32 Å². The van der Waals surface area contributed by atoms with Gasteiger partial charge in [-0.25, -0.2) is 0 Å². The van der Waals surface area contributed by atoms with E-state index < -0.39 is 0 Å². The van der Waals surface area contributed by atoms with Gasteiger partial charge < -0.3 is 5.32 Å². The molecule has 1 saturated carbocycles. The maximum Gasteiger partial charge on any atom is 0.269 e. The maximum atomic E-state index is 10.7. The first-order valence-electron chi connectivity index (χ1n) is 6.93. The SMILES string of the molecule is O=[N+]([O-])c1cccc(CSC2=N[C@@H]3CCCC[C@H]3N2)c1. The summed E-state index contributed by atoms with van der Waals surface area (Å²) in [5, 5.41) is 15.2. The lowest BCUT2D eigenvalue weighted by Gasteiger charge is -2.23. The number of nitro benzene ring substituents is 1. The topological polar surface area (TPSA) is 67.5 Å². The Balaban J connectivity index is 1.60. The quantitative estimate of drug-likeness (QED) is 0.686. The number of thioether (sulfide) groups is 1. The number of benzene rings is 1. The van der Waals surface area contributed by atoms with E-state index in [1.54, 1.807) is 23.9 Å². The van der Waals surface area contributed by atoms with Gasteiger partial charge in [-0.3, -0.25) is 15.1 Å². The van der Waals surface area contributed by atoms with Crippen LogP contribution in [0.3, 0.4) is 0 Å². The number of hydrogen-bond acceptors (Lipinski definition) is 5. The summed E-state index contributed by atoms with van der Waals surface area (Å²) in [7, 11) is 0. The van der Waals surface area contributed by atoms with E-state index in [9.17, 15) is 10.1 Å². The summed E-state index contributed by atoms with van der Waals surface area (Å²) in [6, 6.07) is 7.76. The van der Waals surface area contributed by atoms with Gasteiger partial charge >= 0.3 is 0 Å². The number of nitro groups is 1. The molecule has 0 bridgehead atoms. The van der Waals surface area contributed by atoms with Crippen molar-refractivity contribution in [1.29, 1.82) is 0 Å². The van der Waals surface area contributed by atoms with Gasteiger partial charge in [-0.1, -0.05) is 36.7 Å². The zero-order chi connectivity index (χ0) is 13.9. The summed E-state index contributed by atoms with van der Waals surface area (Å²) < 4.78 is 0. The van der Waals surface area contributed by atoms with Gasteiger partial charge in [0.05, 0.1) is 17.0 Å². The number of nitrogens with zero attached hydrogens (tertiary/aromatic N) is 2. The second-order valence-corrected chi connectivity index (χ2v) is 6.22. The van der Waals surface area contributed by atoms with E-state index in [1.807, 2.05) is 6.07 Å². The molecule has 1 heterocycles. The molecule has 0 unspecified atom stereocenters. The van der Waals surface area contributed by atoms with Crippen LogP contribution in [0.2, 0.25) is 0 Å². The van der Waals surface area contributed by atoms with Crippen LogP contribution in [-0.4, -0.2) is 22.2 Å². The lowest BCUT2D eigenvalue weighted by atomic mass is 9.92. The van der Waals surface area contributed by atoms with Crippen LogP contribution in [0.4, 0.5) is 5.69 Å². The van der Waals surface area contributed by atoms with Crippen molar-refractivity contribution in [1.82, 2.24) is 5.32 Å². The van der Waals surface area contributed by atoms with Gasteiger partial charge in [0.25, 0.3) is 5.69 Å². The second-order valence-electron chi connectivity index (χ2n) is 5.25. The largest absolute Gasteiger partial charge is 0.360 e. The Morgan fingerprint density at radius 1 is 1.40 bits per heavy atom. The monoisotopic (exact) mass is 291 g/mol. The Hall–Kier alpha value is -1.56. The van der Waals surface area contributed by atoms with Gasteiger partial charge in [-0.05, 0) is 18.4 Å². The number of aliphatic imine (C=N–C) groups is 1. The van der Waals surface area contributed by atoms with Crippen molar-refractivity contribution in [2.75, 3.05) is 0 Å². The number of fused-ring (bicyclic) bond motifs is 1. The van der Waals surface area contributed by atoms with Crippen LogP contribution in [0.5, 0.6) is 0 Å². The molecule has 2 aliphatic rings. The Kier molecular flexibility index (Phi) is 3.91. The predicted molar refractivity (Wildman–Crippen MR) is 81.0 cm³/mol. The van der Waals surface area contributed by atoms with Crippen molar-refractivity contribution < 1.29 is 4.92 Å². The van der Waals surface area contributed by atoms with Crippen LogP contribution in [-0.2, 0) is 5.75 Å². The molecule has 2 atom stereocenters. The number of nitrogens with one attached hydrogen (secondary N) is 1. The third-order valence-corrected chi connectivity index (χ3v) is 4.79. The second kappa shape index (κ2) is 5.83. The van der Waals surface area contributed by atoms with E-state index in [-0.39, 0.29) is 10.6 Å². The average Bonchev–Trinajstić information content (AvgIpc) is 2.88. The molecule has 0 radical (unpaired) electrons. The molecular weight excluding hydrogens is 274 g/mol. The molecule has 0 spiro atoms. The predicted octanol–water partition coefficient (Wildman–Crippen LogP) is 3.10. The first-order chi connectivity index (χ1) is 9.72. The van der Waals surface area contributed by atoms with Gasteiger partial charge in [0.1, 0.15) is 0 Å². The molecule has 1 fully saturated rings. The number of amidine groups is 1. The highest BCUT2D eigenvalue weighted by Crippen LogP contribution is 2.28. The molecule has 20 heavy (non-hydrogen) atoms. The van der Waals surface area contributed by atoms with E-state index in [1.165, 1.54) is 31.7 Å². The molecule has 3 rings (SSSR count). The van der Waals surface area contributed by atoms with Crippen molar-refractivity contribution in [2.45, 2.75) is 43.5 Å². The summed E-state index contributed by atoms with van der Waals surface area (Å²) >= 11 is 1.64. The van der Waals surface area contributed by atoms with E-state index in [2.05, 4.69) is 5.32 Å². The Labute approximate surface area is 122 Å². The summed E-state index contributed by atoms with van der Waals surface area (Å²) in [5.74, 6) is 0.715. The van der Waals surface area contributed by atoms with Gasteiger partial charge in [0, 0.05) is 17.9 Å². The molecule has 1 aliphatic heterocycles. The van der Waals surface area contributed by atoms with E-state index >= 15 is 0 Å². The third kappa shape index (κ3) is 2.95. The number of rotatable bonds is 3. The lowest BCUT2D eigenvalue weighted by molar-refractivity contribution is -0.384. The highest BCUT2D eigenvalue weighted by molar-refractivity contribution is 8.13. The van der Waals surface area contributed by atoms with Gasteiger partial charge in [-0.15, -0.1) is 0 Å². The summed E-state index contributed by atoms with van der Waals surface area (Å²) in [6.45, 7) is 0. The van der Waals surface area contributed by atoms with Gasteiger partial charge in [0.15, 0.2) is 5.17 Å². The molecule has 1 N–H and O–H groups in total. The zero-order valence-electron chi connectivity index (χ0n) is 11.1. The molecule has 1 aromatic rings. The third-order valence-electron chi connectivity index (χ3n) is 3.82. The van der Waals surface area contributed by atoms with Crippen molar-refractivity contribution >= 4 is 22.6 Å². The van der Waals surface area contributed by atoms with Gasteiger partial charge in [0.2, 0.25) is 0 Å². The van der Waals surface area contributed by atoms with Crippen molar-refractivity contribution in [3.8, 4) is 0 Å². The molecule has 106 valence electrons. The van der Waals surface area contributed by atoms with Crippen LogP contribution in [0.1, 0.15) is 31.2 Å². The highest BCUT2D eigenvalue weighted by atomic mass is 32.2. The van der Waals surface area contributed by atoms with E-state index in [0.717, 1.165) is 10.7 Å². The molecule has 0 amide bonds. The number of hydrogen-bond donors (Lipinski definition) is 1. The fraction of sp³-hybridized carbons (Fsp3) is 0.500. The van der Waals surface area contributed by atoms with Gasteiger partial charge in [-0.2, -0.15) is 0 Å². The molecule has 5 nitrogen and oxygen atoms in total. The fourth-order valence-electron chi connectivity index (χ4n) is 2.77. The maximum absolute atomic E-state index is 10.7. The number of non-ortho nitro benzene ring substituents is 1. The Bertz CT molecular complexity index is 547. The molecule has 1 aromatic carbocycles. The minimum absolute atomic E-state index is 0.151. The Morgan fingerprint density at radius 3 is 3.05 bits per heavy atom. The minimum atomic E-state index is -0.353. The average molecular weight is 291 g/mol. The summed E-state index contributed by atoms with van der Waals surface area (Å²) in [4.78, 5) is 15.1. The highest BCUT2D eigenvalue weighted by Gasteiger charge is 2.30. The first kappa shape index (κ1) is 13.4. The molecule has 0 aromatic heterocycles. The fourth-order valence-corrected chi connectivity index (χ4v) is 3.70. The standard InChI is InChI=1S/C14H17N3O2S/c18-17(19)11-5-3-4-10(8-11)9-20-14-15-12-6-1-2-7-13(12)16-14/h3-5,8,12-13H,1-2,6-7,9H2,(H,15,16)/t12-,13-/m1/s1. The first-order valence-corrected chi connectivity index (χ1v) is 7.91. The Morgan fingerprint density at radius 2 is 2.25 bits per heavy atom. The molecule has 0 saturated heterocycles. The van der Waals surface area contributed by atoms with Crippen LogP contribution in [0.25, 0.3) is 0 Å². The molecule has 1 aliphatic carbocycles. The molecular formula is C14H17N3O2S. The van der Waals surface area contributed by atoms with Crippen molar-refractivity contribution in [2.24, 2.45) is 4.99 Å². The summed E-state index contributed by atoms with van der Waals surface area (Å²) in [5.41, 5.74) is 1.11. The van der Waals surface area contributed by atoms with Crippen molar-refractivity contribution in [3.63, 3.8) is 0 Å². The summed E-state index contributed by atoms with van der Waals surface area (Å²) in [6.07, 6.45) is 4.94. The minimum Gasteiger partial charge on any atom is -0.360 e. The van der Waals surface area contributed by atoms with Crippen LogP contribution in [0.15, 0.2) is 29.3 Å². The lowest BCUT2D eigenvalue weighted by Crippen LogP contribution is -2.36. The zero-order valence-corrected chi connectivity index (χ0v) is 11.9. The van der Waals surface area contributed by atoms with Crippen molar-refractivity contribution in [3.05, 3.63) is 39.9 Å². The van der Waals surface area contributed by atoms with E-state index in [4.69, 9.17) is 4.99 Å². The van der Waals surface area contributed by atoms with E-state index in [0.29, 0.717) is 17.8 Å². The molecule has 6 heteroatoms. The van der Waals surface area contributed by atoms with Crippen LogP contribution >= 0.6 is 11.8 Å². The van der Waals surface area contributed by atoms with Crippen LogP contribution in [0, 0.1) is 10.1 Å².